The molecular weight excluding hydrogens is 726 g/mol. The predicted octanol–water partition coefficient (Wildman–Crippen LogP) is -1.77. The molecule has 0 spiro atoms. The lowest BCUT2D eigenvalue weighted by atomic mass is 10.00. The Balaban J connectivity index is 3.35. The van der Waals surface area contributed by atoms with Crippen LogP contribution in [0.4, 0.5) is 0 Å². The van der Waals surface area contributed by atoms with Crippen LogP contribution in [0.5, 0.6) is 0 Å². The number of carbonyl (C=O) groups is 7. The molecule has 0 saturated carbocycles. The van der Waals surface area contributed by atoms with Crippen molar-refractivity contribution >= 4 is 47.4 Å². The first-order valence-corrected chi connectivity index (χ1v) is 19.0. The first kappa shape index (κ1) is 48.7. The van der Waals surface area contributed by atoms with Gasteiger partial charge in [0, 0.05) is 19.9 Å². The van der Waals surface area contributed by atoms with Crippen LogP contribution in [0, 0.1) is 5.92 Å². The lowest BCUT2D eigenvalue weighted by molar-refractivity contribution is -0.138. The fraction of sp³-hybridized carbons (Fsp3) is 0.622. The van der Waals surface area contributed by atoms with Gasteiger partial charge in [-0.25, -0.2) is 0 Å². The van der Waals surface area contributed by atoms with Gasteiger partial charge >= 0.3 is 5.97 Å². The fourth-order valence-corrected chi connectivity index (χ4v) is 5.68. The van der Waals surface area contributed by atoms with Gasteiger partial charge in [0.1, 0.15) is 36.8 Å². The average Bonchev–Trinajstić information content (AvgIpc) is 3.13. The Labute approximate surface area is 328 Å². The molecule has 1 aromatic rings. The minimum absolute atomic E-state index is 0.0459. The number of rotatable bonds is 28. The van der Waals surface area contributed by atoms with E-state index >= 15 is 0 Å². The monoisotopic (exact) mass is 789 g/mol. The summed E-state index contributed by atoms with van der Waals surface area (Å²) in [6, 6.07) is 3.23. The number of hydrogen-bond donors (Lipinski definition) is 11. The highest BCUT2D eigenvalue weighted by Gasteiger charge is 2.32. The molecule has 0 aliphatic rings. The SMILES string of the molecule is CC(=O)N[C@@H](CCCCN)C(=O)N[C@@H](CCCN=C(N)N)C(=O)N[C@@H](CCCCN)C(=O)N[C@@H](CC(C)C)C(=O)N[C@@H](Cc1ccccc1)C(=O)NCC(=O)O. The standard InChI is InChI=1S/C37H63N11O8/c1-23(2)20-29(36(56)48-30(32(52)43-22-31(50)51)21-25-12-5-4-6-13-25)47-35(55)27(15-8-10-18-39)45-34(54)28(16-11-19-42-37(40)41)46-33(53)26(44-24(3)49)14-7-9-17-38/h4-6,12-13,23,26-30H,7-11,14-22,38-39H2,1-3H3,(H,43,52)(H,44,49)(H,45,54)(H,46,53)(H,47,55)(H,48,56)(H,50,51)(H4,40,41,42)/t26-,27-,28-,29-,30-/m0/s1. The number of nitrogens with one attached hydrogen (secondary N) is 6. The van der Waals surface area contributed by atoms with E-state index in [1.807, 2.05) is 13.8 Å². The van der Waals surface area contributed by atoms with Gasteiger partial charge in [0.2, 0.25) is 35.4 Å². The Morgan fingerprint density at radius 2 is 1.11 bits per heavy atom. The van der Waals surface area contributed by atoms with Gasteiger partial charge in [0.25, 0.3) is 0 Å². The van der Waals surface area contributed by atoms with E-state index in [1.54, 1.807) is 30.3 Å². The quantitative estimate of drug-likeness (QED) is 0.0255. The van der Waals surface area contributed by atoms with Crippen LogP contribution in [-0.4, -0.2) is 109 Å². The van der Waals surface area contributed by atoms with Gasteiger partial charge in [-0.2, -0.15) is 0 Å². The Hall–Kier alpha value is -5.30. The van der Waals surface area contributed by atoms with Crippen molar-refractivity contribution in [2.45, 2.75) is 115 Å². The zero-order valence-electron chi connectivity index (χ0n) is 32.8. The highest BCUT2D eigenvalue weighted by atomic mass is 16.4. The summed E-state index contributed by atoms with van der Waals surface area (Å²) < 4.78 is 0. The van der Waals surface area contributed by atoms with Crippen LogP contribution in [0.1, 0.15) is 84.1 Å². The van der Waals surface area contributed by atoms with E-state index in [4.69, 9.17) is 28.0 Å². The lowest BCUT2D eigenvalue weighted by Crippen LogP contribution is -2.59. The number of benzene rings is 1. The molecule has 0 aromatic heterocycles. The number of amides is 6. The maximum atomic E-state index is 13.9. The minimum atomic E-state index is -1.26. The van der Waals surface area contributed by atoms with E-state index in [1.165, 1.54) is 6.92 Å². The first-order valence-electron chi connectivity index (χ1n) is 19.0. The van der Waals surface area contributed by atoms with Crippen molar-refractivity contribution < 1.29 is 38.7 Å². The molecule has 19 heteroatoms. The fourth-order valence-electron chi connectivity index (χ4n) is 5.68. The molecule has 1 rings (SSSR count). The lowest BCUT2D eigenvalue weighted by Gasteiger charge is -2.28. The molecule has 15 N–H and O–H groups in total. The summed E-state index contributed by atoms with van der Waals surface area (Å²) in [5.41, 5.74) is 22.9. The van der Waals surface area contributed by atoms with Crippen molar-refractivity contribution in [3.63, 3.8) is 0 Å². The Bertz CT molecular complexity index is 1440. The molecule has 0 fully saturated rings. The van der Waals surface area contributed by atoms with Crippen molar-refractivity contribution in [1.29, 1.82) is 0 Å². The smallest absolute Gasteiger partial charge is 0.322 e. The predicted molar refractivity (Wildman–Crippen MR) is 211 cm³/mol. The van der Waals surface area contributed by atoms with Gasteiger partial charge in [-0.1, -0.05) is 44.2 Å². The highest BCUT2D eigenvalue weighted by Crippen LogP contribution is 2.11. The molecule has 0 radical (unpaired) electrons. The summed E-state index contributed by atoms with van der Waals surface area (Å²) in [7, 11) is 0. The van der Waals surface area contributed by atoms with Gasteiger partial charge in [-0.15, -0.1) is 0 Å². The van der Waals surface area contributed by atoms with Gasteiger partial charge in [0.05, 0.1) is 0 Å². The average molecular weight is 790 g/mol. The summed E-state index contributed by atoms with van der Waals surface area (Å²) in [5, 5.41) is 24.9. The van der Waals surface area contributed by atoms with Crippen LogP contribution >= 0.6 is 0 Å². The number of carbonyl (C=O) groups excluding carboxylic acids is 6. The van der Waals surface area contributed by atoms with E-state index in [2.05, 4.69) is 36.9 Å². The summed E-state index contributed by atoms with van der Waals surface area (Å²) in [6.45, 7) is 5.17. The van der Waals surface area contributed by atoms with Crippen LogP contribution in [0.25, 0.3) is 0 Å². The molecule has 1 aromatic carbocycles. The van der Waals surface area contributed by atoms with Gasteiger partial charge < -0.3 is 59.9 Å². The number of aliphatic imine (C=N–C) groups is 1. The second-order valence-corrected chi connectivity index (χ2v) is 13.9. The van der Waals surface area contributed by atoms with Gasteiger partial charge in [0.15, 0.2) is 5.96 Å². The summed E-state index contributed by atoms with van der Waals surface area (Å²) in [4.78, 5) is 95.1. The second-order valence-electron chi connectivity index (χ2n) is 13.9. The highest BCUT2D eigenvalue weighted by molar-refractivity contribution is 5.96. The maximum absolute atomic E-state index is 13.9. The number of carboxylic acid groups (broad SMARTS) is 1. The summed E-state index contributed by atoms with van der Waals surface area (Å²) >= 11 is 0. The van der Waals surface area contributed by atoms with Crippen LogP contribution in [0.2, 0.25) is 0 Å². The third-order valence-electron chi connectivity index (χ3n) is 8.47. The van der Waals surface area contributed by atoms with Crippen LogP contribution in [0.15, 0.2) is 35.3 Å². The number of nitrogens with zero attached hydrogens (tertiary/aromatic N) is 1. The van der Waals surface area contributed by atoms with E-state index in [0.717, 1.165) is 0 Å². The van der Waals surface area contributed by atoms with E-state index in [-0.39, 0.29) is 56.9 Å². The molecule has 19 nitrogen and oxygen atoms in total. The minimum Gasteiger partial charge on any atom is -0.480 e. The van der Waals surface area contributed by atoms with Crippen LogP contribution in [0.3, 0.4) is 0 Å². The number of nitrogens with two attached hydrogens (primary N) is 4. The third-order valence-corrected chi connectivity index (χ3v) is 8.47. The van der Waals surface area contributed by atoms with Crippen molar-refractivity contribution in [2.75, 3.05) is 26.2 Å². The van der Waals surface area contributed by atoms with Crippen molar-refractivity contribution in [3.05, 3.63) is 35.9 Å². The van der Waals surface area contributed by atoms with Gasteiger partial charge in [-0.05, 0) is 82.4 Å². The molecule has 314 valence electrons. The number of carboxylic acids is 1. The Morgan fingerprint density at radius 3 is 1.57 bits per heavy atom. The van der Waals surface area contributed by atoms with Crippen molar-refractivity contribution in [3.8, 4) is 0 Å². The van der Waals surface area contributed by atoms with E-state index in [9.17, 15) is 33.6 Å². The largest absolute Gasteiger partial charge is 0.480 e. The molecule has 6 amide bonds. The number of hydrogen-bond acceptors (Lipinski definition) is 10. The topological polar surface area (TPSA) is 328 Å². The number of guanidine groups is 1. The molecule has 0 aliphatic carbocycles. The molecule has 0 saturated heterocycles. The van der Waals surface area contributed by atoms with Crippen molar-refractivity contribution in [2.24, 2.45) is 33.8 Å². The maximum Gasteiger partial charge on any atom is 0.322 e. The molecule has 0 unspecified atom stereocenters. The molecular formula is C37H63N11O8. The summed E-state index contributed by atoms with van der Waals surface area (Å²) in [6.07, 6.45) is 3.11. The van der Waals surface area contributed by atoms with Gasteiger partial charge in [-0.3, -0.25) is 38.6 Å². The van der Waals surface area contributed by atoms with Crippen LogP contribution < -0.4 is 54.8 Å². The molecule has 56 heavy (non-hydrogen) atoms. The first-order chi connectivity index (χ1) is 26.6. The summed E-state index contributed by atoms with van der Waals surface area (Å²) in [5.74, 6) is -5.34. The van der Waals surface area contributed by atoms with E-state index in [0.29, 0.717) is 44.3 Å². The number of aliphatic carboxylic acids is 1. The normalized spacial score (nSPS) is 13.5. The van der Waals surface area contributed by atoms with Crippen molar-refractivity contribution in [1.82, 2.24) is 31.9 Å². The second kappa shape index (κ2) is 27.3. The zero-order valence-corrected chi connectivity index (χ0v) is 32.8. The molecule has 0 bridgehead atoms. The number of unbranched alkanes of at least 4 members (excludes halogenated alkanes) is 2. The van der Waals surface area contributed by atoms with E-state index < -0.39 is 78.2 Å². The zero-order chi connectivity index (χ0) is 42.0. The third kappa shape index (κ3) is 21.0. The van der Waals surface area contributed by atoms with Crippen LogP contribution in [-0.2, 0) is 40.0 Å². The molecule has 0 aliphatic heterocycles. The molecule has 0 heterocycles. The Morgan fingerprint density at radius 1 is 0.643 bits per heavy atom. The molecule has 5 atom stereocenters. The Kier molecular flexibility index (Phi) is 23.8.